The van der Waals surface area contributed by atoms with Gasteiger partial charge in [0.15, 0.2) is 0 Å². The van der Waals surface area contributed by atoms with Gasteiger partial charge in [-0.3, -0.25) is 0 Å². The lowest BCUT2D eigenvalue weighted by atomic mass is 9.38. The maximum atomic E-state index is 9.41. The predicted molar refractivity (Wildman–Crippen MR) is 122 cm³/mol. The molecule has 0 heterocycles. The summed E-state index contributed by atoms with van der Waals surface area (Å²) in [5, 5.41) is 18.8. The lowest BCUT2D eigenvalue weighted by molar-refractivity contribution is -0.0918. The molecule has 5 unspecified atom stereocenters. The van der Waals surface area contributed by atoms with Crippen molar-refractivity contribution in [2.24, 2.45) is 17.3 Å². The minimum Gasteiger partial charge on any atom is -0.388 e. The zero-order chi connectivity index (χ0) is 22.5. The molecular formula is C28H30N2O2. The summed E-state index contributed by atoms with van der Waals surface area (Å²) in [6.07, 6.45) is 11.0. The van der Waals surface area contributed by atoms with Gasteiger partial charge in [0.2, 0.25) is 0 Å². The highest BCUT2D eigenvalue weighted by Crippen LogP contribution is 2.72. The van der Waals surface area contributed by atoms with Gasteiger partial charge >= 0.3 is 0 Å². The lowest BCUT2D eigenvalue weighted by Crippen LogP contribution is -2.58. The van der Waals surface area contributed by atoms with Crippen LogP contribution in [0.3, 0.4) is 0 Å². The lowest BCUT2D eigenvalue weighted by Gasteiger charge is -2.66. The van der Waals surface area contributed by atoms with Gasteiger partial charge in [-0.05, 0) is 86.5 Å². The van der Waals surface area contributed by atoms with E-state index in [9.17, 15) is 10.5 Å². The first-order chi connectivity index (χ1) is 15.4. The van der Waals surface area contributed by atoms with E-state index in [1.165, 1.54) is 25.7 Å². The predicted octanol–water partition coefficient (Wildman–Crippen LogP) is 6.66. The first-order valence-electron chi connectivity index (χ1n) is 11.8. The maximum Gasteiger partial charge on any atom is 0.292 e. The first kappa shape index (κ1) is 20.9. The van der Waals surface area contributed by atoms with E-state index in [4.69, 9.17) is 9.47 Å². The van der Waals surface area contributed by atoms with Crippen LogP contribution in [-0.2, 0) is 5.41 Å². The molecule has 4 heteroatoms. The Morgan fingerprint density at radius 2 is 1.62 bits per heavy atom. The average molecular weight is 427 g/mol. The van der Waals surface area contributed by atoms with Crippen molar-refractivity contribution in [2.75, 3.05) is 0 Å². The van der Waals surface area contributed by atoms with Crippen LogP contribution in [-0.4, -0.2) is 0 Å². The minimum atomic E-state index is -0.122. The molecule has 4 saturated carbocycles. The fraction of sp³-hybridized carbons (Fsp3) is 0.500. The number of nitrogens with zero attached hydrogens (tertiary/aromatic N) is 2. The molecule has 5 atom stereocenters. The van der Waals surface area contributed by atoms with E-state index in [2.05, 4.69) is 31.2 Å². The number of ether oxygens (including phenoxy) is 2. The molecule has 0 aromatic heterocycles. The van der Waals surface area contributed by atoms with Crippen molar-refractivity contribution in [1.82, 2.24) is 0 Å². The van der Waals surface area contributed by atoms with Crippen LogP contribution in [0.2, 0.25) is 0 Å². The molecule has 0 saturated heterocycles. The molecule has 4 aliphatic rings. The Morgan fingerprint density at radius 1 is 0.938 bits per heavy atom. The molecule has 0 radical (unpaired) electrons. The van der Waals surface area contributed by atoms with Gasteiger partial charge in [0.1, 0.15) is 11.5 Å². The van der Waals surface area contributed by atoms with Crippen LogP contribution in [0.15, 0.2) is 36.4 Å². The van der Waals surface area contributed by atoms with Crippen molar-refractivity contribution in [2.45, 2.75) is 70.6 Å². The molecule has 2 aromatic carbocycles. The van der Waals surface area contributed by atoms with Crippen LogP contribution < -0.4 is 9.47 Å². The van der Waals surface area contributed by atoms with Gasteiger partial charge in [-0.25, -0.2) is 0 Å². The van der Waals surface area contributed by atoms with E-state index in [-0.39, 0.29) is 11.3 Å². The van der Waals surface area contributed by atoms with Crippen molar-refractivity contribution < 1.29 is 9.47 Å². The van der Waals surface area contributed by atoms with Crippen molar-refractivity contribution in [3.63, 3.8) is 0 Å². The van der Waals surface area contributed by atoms with Crippen LogP contribution in [0.5, 0.6) is 11.5 Å². The molecule has 0 amide bonds. The fourth-order valence-electron chi connectivity index (χ4n) is 7.89. The van der Waals surface area contributed by atoms with Gasteiger partial charge in [-0.2, -0.15) is 0 Å². The van der Waals surface area contributed by atoms with Gasteiger partial charge in [-0.1, -0.05) is 37.6 Å². The average Bonchev–Trinajstić information content (AvgIpc) is 2.75. The van der Waals surface area contributed by atoms with Gasteiger partial charge < -0.3 is 9.47 Å². The molecule has 4 bridgehead atoms. The Morgan fingerprint density at radius 3 is 2.34 bits per heavy atom. The normalized spacial score (nSPS) is 32.2. The van der Waals surface area contributed by atoms with Crippen molar-refractivity contribution in [3.8, 4) is 24.0 Å². The Bertz CT molecular complexity index is 1140. The summed E-state index contributed by atoms with van der Waals surface area (Å²) < 4.78 is 11.1. The smallest absolute Gasteiger partial charge is 0.292 e. The van der Waals surface area contributed by atoms with Gasteiger partial charge in [-0.15, -0.1) is 10.5 Å². The summed E-state index contributed by atoms with van der Waals surface area (Å²) >= 11 is 0. The molecule has 0 spiro atoms. The first-order valence-corrected chi connectivity index (χ1v) is 11.8. The minimum absolute atomic E-state index is 0.122. The van der Waals surface area contributed by atoms with Crippen molar-refractivity contribution in [3.05, 3.63) is 58.7 Å². The third kappa shape index (κ3) is 3.08. The van der Waals surface area contributed by atoms with E-state index in [1.807, 2.05) is 38.5 Å². The molecule has 0 N–H and O–H groups in total. The molecule has 2 aromatic rings. The van der Waals surface area contributed by atoms with E-state index in [0.29, 0.717) is 28.7 Å². The van der Waals surface area contributed by atoms with Crippen LogP contribution in [0.4, 0.5) is 0 Å². The van der Waals surface area contributed by atoms with Gasteiger partial charge in [0.05, 0.1) is 0 Å². The Kier molecular flexibility index (Phi) is 4.94. The third-order valence-corrected chi connectivity index (χ3v) is 8.70. The largest absolute Gasteiger partial charge is 0.388 e. The third-order valence-electron chi connectivity index (χ3n) is 8.70. The number of nitriles is 2. The Balaban J connectivity index is 1.75. The monoisotopic (exact) mass is 426 g/mol. The van der Waals surface area contributed by atoms with Crippen molar-refractivity contribution in [1.29, 1.82) is 10.5 Å². The van der Waals surface area contributed by atoms with Crippen LogP contribution in [0.1, 0.15) is 73.6 Å². The summed E-state index contributed by atoms with van der Waals surface area (Å²) in [5.74, 6) is 2.86. The molecule has 4 aliphatic carbocycles. The quantitative estimate of drug-likeness (QED) is 0.501. The van der Waals surface area contributed by atoms with Gasteiger partial charge in [0, 0.05) is 22.5 Å². The van der Waals surface area contributed by atoms with Crippen LogP contribution >= 0.6 is 0 Å². The topological polar surface area (TPSA) is 66.0 Å². The molecule has 4 fully saturated rings. The summed E-state index contributed by atoms with van der Waals surface area (Å²) in [5.41, 5.74) is 4.70. The number of benzene rings is 2. The van der Waals surface area contributed by atoms with E-state index >= 15 is 0 Å². The second kappa shape index (κ2) is 7.56. The highest BCUT2D eigenvalue weighted by atomic mass is 16.5. The zero-order valence-corrected chi connectivity index (χ0v) is 19.1. The zero-order valence-electron chi connectivity index (χ0n) is 19.1. The van der Waals surface area contributed by atoms with Crippen LogP contribution in [0.25, 0.3) is 0 Å². The Labute approximate surface area is 190 Å². The summed E-state index contributed by atoms with van der Waals surface area (Å²) in [7, 11) is 0. The molecule has 32 heavy (non-hydrogen) atoms. The van der Waals surface area contributed by atoms with Crippen LogP contribution in [0, 0.1) is 54.1 Å². The summed E-state index contributed by atoms with van der Waals surface area (Å²) in [6, 6.07) is 12.7. The number of hydrogen-bond donors (Lipinski definition) is 0. The SMILES string of the molecule is CCC12CC3CC(C1)C(c1ccc(C)cc1OC#N)C(c1ccc(C)cc1OC#N)(C3)C2. The molecule has 4 nitrogen and oxygen atoms in total. The van der Waals surface area contributed by atoms with E-state index < -0.39 is 0 Å². The highest BCUT2D eigenvalue weighted by Gasteiger charge is 2.63. The molecular weight excluding hydrogens is 396 g/mol. The standard InChI is InChI=1S/C28H30N2O2/c1-4-27-12-20-11-21(14-27)26(22-7-5-18(2)9-24(22)31-16-29)28(13-20,15-27)23-8-6-19(3)10-25(23)32-17-30/h5-10,20-21,26H,4,11-15H2,1-3H3. The van der Waals surface area contributed by atoms with E-state index in [0.717, 1.165) is 35.1 Å². The molecule has 6 rings (SSSR count). The fourth-order valence-corrected chi connectivity index (χ4v) is 7.89. The summed E-state index contributed by atoms with van der Waals surface area (Å²) in [4.78, 5) is 0. The summed E-state index contributed by atoms with van der Waals surface area (Å²) in [6.45, 7) is 6.41. The Hall–Kier alpha value is -2.98. The second-order valence-corrected chi connectivity index (χ2v) is 10.6. The maximum absolute atomic E-state index is 9.41. The van der Waals surface area contributed by atoms with Crippen molar-refractivity contribution >= 4 is 0 Å². The molecule has 164 valence electrons. The van der Waals surface area contributed by atoms with Gasteiger partial charge in [0.25, 0.3) is 12.5 Å². The van der Waals surface area contributed by atoms with E-state index in [1.54, 1.807) is 0 Å². The number of aryl methyl sites for hydroxylation is 2. The number of hydrogen-bond acceptors (Lipinski definition) is 4. The highest BCUT2D eigenvalue weighted by molar-refractivity contribution is 5.51. The second-order valence-electron chi connectivity index (χ2n) is 10.6. The molecule has 0 aliphatic heterocycles. The number of rotatable bonds is 5.